The topological polar surface area (TPSA) is 70.5 Å². The molecular formula is C18H16N2O3. The summed E-state index contributed by atoms with van der Waals surface area (Å²) in [6.07, 6.45) is 3.42. The number of carboxylic acid groups (broad SMARTS) is 1. The lowest BCUT2D eigenvalue weighted by Crippen LogP contribution is -2.45. The van der Waals surface area contributed by atoms with Crippen molar-refractivity contribution in [3.05, 3.63) is 65.0 Å². The predicted molar refractivity (Wildman–Crippen MR) is 83.4 cm³/mol. The summed E-state index contributed by atoms with van der Waals surface area (Å²) in [5.74, 6) is -0.868. The molecule has 23 heavy (non-hydrogen) atoms. The molecule has 0 radical (unpaired) electrons. The van der Waals surface area contributed by atoms with Gasteiger partial charge in [0.1, 0.15) is 5.69 Å². The molecule has 2 aromatic rings. The van der Waals surface area contributed by atoms with Crippen LogP contribution in [0.2, 0.25) is 0 Å². The summed E-state index contributed by atoms with van der Waals surface area (Å²) >= 11 is 0. The number of hydrogen-bond donors (Lipinski definition) is 1. The van der Waals surface area contributed by atoms with Crippen LogP contribution in [-0.4, -0.2) is 33.4 Å². The van der Waals surface area contributed by atoms with Gasteiger partial charge in [0.2, 0.25) is 0 Å². The Labute approximate surface area is 133 Å². The lowest BCUT2D eigenvalue weighted by atomic mass is 9.75. The summed E-state index contributed by atoms with van der Waals surface area (Å²) in [6, 6.07) is 11.1. The summed E-state index contributed by atoms with van der Waals surface area (Å²) < 4.78 is 0. The third kappa shape index (κ3) is 2.20. The van der Waals surface area contributed by atoms with Gasteiger partial charge >= 0.3 is 5.97 Å². The molecule has 1 N–H and O–H groups in total. The zero-order valence-electron chi connectivity index (χ0n) is 12.5. The third-order valence-corrected chi connectivity index (χ3v) is 4.86. The first-order chi connectivity index (χ1) is 11.1. The summed E-state index contributed by atoms with van der Waals surface area (Å²) in [7, 11) is 0. The standard InChI is InChI=1S/C18H16N2O3/c21-17(15-9-11(18(22)23)7-8-19-15)20-10-12-5-6-16(20)14-4-2-1-3-13(12)14/h1-4,7-9,12,16H,5-6,10H2,(H,22,23)/t12-,16-/m0/s1. The van der Waals surface area contributed by atoms with Crippen LogP contribution in [0.1, 0.15) is 56.8 Å². The fraction of sp³-hybridized carbons (Fsp3) is 0.278. The van der Waals surface area contributed by atoms with Gasteiger partial charge in [0.05, 0.1) is 11.6 Å². The maximum absolute atomic E-state index is 12.8. The van der Waals surface area contributed by atoms with E-state index in [-0.39, 0.29) is 23.2 Å². The van der Waals surface area contributed by atoms with Crippen molar-refractivity contribution in [3.63, 3.8) is 0 Å². The molecule has 0 spiro atoms. The largest absolute Gasteiger partial charge is 0.478 e. The molecule has 1 aromatic carbocycles. The lowest BCUT2D eigenvalue weighted by Gasteiger charge is -2.46. The maximum atomic E-state index is 12.8. The molecule has 5 nitrogen and oxygen atoms in total. The molecule has 3 aliphatic rings. The highest BCUT2D eigenvalue weighted by Crippen LogP contribution is 2.46. The monoisotopic (exact) mass is 308 g/mol. The Kier molecular flexibility index (Phi) is 3.15. The van der Waals surface area contributed by atoms with E-state index in [9.17, 15) is 9.59 Å². The van der Waals surface area contributed by atoms with E-state index in [1.807, 2.05) is 17.0 Å². The number of fused-ring (bicyclic) bond motifs is 2. The first kappa shape index (κ1) is 13.9. The van der Waals surface area contributed by atoms with Crippen molar-refractivity contribution in [3.8, 4) is 0 Å². The molecule has 0 saturated carbocycles. The van der Waals surface area contributed by atoms with Gasteiger partial charge < -0.3 is 10.0 Å². The summed E-state index contributed by atoms with van der Waals surface area (Å²) in [5, 5.41) is 9.08. The highest BCUT2D eigenvalue weighted by atomic mass is 16.4. The number of hydrogen-bond acceptors (Lipinski definition) is 3. The van der Waals surface area contributed by atoms with E-state index in [0.29, 0.717) is 12.5 Å². The van der Waals surface area contributed by atoms with Gasteiger partial charge in [-0.3, -0.25) is 9.78 Å². The number of amides is 1. The molecule has 5 rings (SSSR count). The molecule has 5 heteroatoms. The Bertz CT molecular complexity index is 802. The molecule has 116 valence electrons. The average Bonchev–Trinajstić information content (AvgIpc) is 2.62. The van der Waals surface area contributed by atoms with Gasteiger partial charge in [0, 0.05) is 18.7 Å². The van der Waals surface area contributed by atoms with Crippen LogP contribution in [0.15, 0.2) is 42.6 Å². The molecule has 1 saturated heterocycles. The Balaban J connectivity index is 1.69. The highest BCUT2D eigenvalue weighted by Gasteiger charge is 2.40. The number of piperidine rings is 1. The molecule has 1 aliphatic carbocycles. The number of benzene rings is 1. The molecule has 2 atom stereocenters. The molecule has 1 amide bonds. The van der Waals surface area contributed by atoms with Gasteiger partial charge in [-0.2, -0.15) is 0 Å². The van der Waals surface area contributed by atoms with Crippen LogP contribution in [0, 0.1) is 0 Å². The second-order valence-corrected chi connectivity index (χ2v) is 6.11. The van der Waals surface area contributed by atoms with E-state index in [0.717, 1.165) is 12.8 Å². The number of aromatic nitrogens is 1. The van der Waals surface area contributed by atoms with E-state index in [1.165, 1.54) is 29.5 Å². The lowest BCUT2D eigenvalue weighted by molar-refractivity contribution is 0.0535. The molecule has 1 fully saturated rings. The van der Waals surface area contributed by atoms with Gasteiger partial charge in [-0.1, -0.05) is 24.3 Å². The van der Waals surface area contributed by atoms with E-state index < -0.39 is 5.97 Å². The normalized spacial score (nSPS) is 21.8. The molecule has 2 aliphatic heterocycles. The summed E-state index contributed by atoms with van der Waals surface area (Å²) in [4.78, 5) is 29.9. The zero-order chi connectivity index (χ0) is 16.0. The minimum absolute atomic E-state index is 0.0685. The number of nitrogens with zero attached hydrogens (tertiary/aromatic N) is 2. The van der Waals surface area contributed by atoms with Crippen LogP contribution in [0.25, 0.3) is 0 Å². The molecular weight excluding hydrogens is 292 g/mol. The number of rotatable bonds is 2. The number of carboxylic acids is 1. The quantitative estimate of drug-likeness (QED) is 0.926. The fourth-order valence-corrected chi connectivity index (χ4v) is 3.79. The Morgan fingerprint density at radius 1 is 1.13 bits per heavy atom. The maximum Gasteiger partial charge on any atom is 0.335 e. The highest BCUT2D eigenvalue weighted by molar-refractivity contribution is 5.96. The number of aromatic carboxylic acids is 1. The minimum Gasteiger partial charge on any atom is -0.478 e. The number of carbonyl (C=O) groups excluding carboxylic acids is 1. The number of carbonyl (C=O) groups is 2. The first-order valence-corrected chi connectivity index (χ1v) is 7.74. The second kappa shape index (κ2) is 5.19. The third-order valence-electron chi connectivity index (χ3n) is 4.86. The Hall–Kier alpha value is -2.69. The fourth-order valence-electron chi connectivity index (χ4n) is 3.79. The molecule has 3 heterocycles. The van der Waals surface area contributed by atoms with Crippen molar-refractivity contribution in [1.82, 2.24) is 9.88 Å². The van der Waals surface area contributed by atoms with E-state index in [4.69, 9.17) is 5.11 Å². The minimum atomic E-state index is -1.05. The van der Waals surface area contributed by atoms with Gasteiger partial charge in [-0.25, -0.2) is 4.79 Å². The van der Waals surface area contributed by atoms with E-state index in [1.54, 1.807) is 0 Å². The molecule has 0 unspecified atom stereocenters. The van der Waals surface area contributed by atoms with Gasteiger partial charge in [-0.15, -0.1) is 0 Å². The van der Waals surface area contributed by atoms with Crippen molar-refractivity contribution in [1.29, 1.82) is 0 Å². The van der Waals surface area contributed by atoms with Crippen molar-refractivity contribution in [2.45, 2.75) is 24.8 Å². The van der Waals surface area contributed by atoms with Crippen LogP contribution in [0.3, 0.4) is 0 Å². The predicted octanol–water partition coefficient (Wildman–Crippen LogP) is 2.85. The summed E-state index contributed by atoms with van der Waals surface area (Å²) in [6.45, 7) is 0.680. The average molecular weight is 308 g/mol. The van der Waals surface area contributed by atoms with E-state index >= 15 is 0 Å². The SMILES string of the molecule is O=C(O)c1ccnc(C(=O)N2C[C@@H]3CC[C@H]2c2ccccc23)c1. The summed E-state index contributed by atoms with van der Waals surface area (Å²) in [5.41, 5.74) is 2.86. The Morgan fingerprint density at radius 2 is 1.91 bits per heavy atom. The van der Waals surface area contributed by atoms with Gasteiger partial charge in [-0.05, 0) is 36.1 Å². The van der Waals surface area contributed by atoms with Crippen molar-refractivity contribution >= 4 is 11.9 Å². The van der Waals surface area contributed by atoms with Crippen LogP contribution in [0.4, 0.5) is 0 Å². The number of pyridine rings is 1. The van der Waals surface area contributed by atoms with Crippen molar-refractivity contribution < 1.29 is 14.7 Å². The Morgan fingerprint density at radius 3 is 2.70 bits per heavy atom. The molecule has 1 aromatic heterocycles. The van der Waals surface area contributed by atoms with Crippen LogP contribution in [-0.2, 0) is 0 Å². The second-order valence-electron chi connectivity index (χ2n) is 6.11. The van der Waals surface area contributed by atoms with E-state index in [2.05, 4.69) is 17.1 Å². The van der Waals surface area contributed by atoms with Crippen molar-refractivity contribution in [2.75, 3.05) is 6.54 Å². The molecule has 2 bridgehead atoms. The van der Waals surface area contributed by atoms with Gasteiger partial charge in [0.25, 0.3) is 5.91 Å². The first-order valence-electron chi connectivity index (χ1n) is 7.74. The van der Waals surface area contributed by atoms with Crippen molar-refractivity contribution in [2.24, 2.45) is 0 Å². The van der Waals surface area contributed by atoms with Crippen LogP contribution >= 0.6 is 0 Å². The smallest absolute Gasteiger partial charge is 0.335 e. The zero-order valence-corrected chi connectivity index (χ0v) is 12.5. The van der Waals surface area contributed by atoms with Crippen LogP contribution < -0.4 is 0 Å². The van der Waals surface area contributed by atoms with Crippen LogP contribution in [0.5, 0.6) is 0 Å². The van der Waals surface area contributed by atoms with Gasteiger partial charge in [0.15, 0.2) is 0 Å².